The molecule has 1 aromatic heterocycles. The standard InChI is InChI=1S/C22H23N3O/c1-15-8-10-16(11-9-15)21-13-19(18-6-2-3-7-20(18)24-21)22(26)25-12-4-5-17(23)14-25/h2-3,6-11,13,17H,4-5,12,14,23H2,1H3. The summed E-state index contributed by atoms with van der Waals surface area (Å²) in [4.78, 5) is 19.9. The third kappa shape index (κ3) is 3.20. The predicted octanol–water partition coefficient (Wildman–Crippen LogP) is 3.77. The van der Waals surface area contributed by atoms with Crippen molar-refractivity contribution in [2.75, 3.05) is 13.1 Å². The number of carbonyl (C=O) groups excluding carboxylic acids is 1. The summed E-state index contributed by atoms with van der Waals surface area (Å²) >= 11 is 0. The van der Waals surface area contributed by atoms with Gasteiger partial charge in [-0.1, -0.05) is 48.0 Å². The molecule has 0 saturated carbocycles. The van der Waals surface area contributed by atoms with Gasteiger partial charge in [0.2, 0.25) is 0 Å². The van der Waals surface area contributed by atoms with Gasteiger partial charge in [0.15, 0.2) is 0 Å². The van der Waals surface area contributed by atoms with Crippen molar-refractivity contribution in [1.82, 2.24) is 9.88 Å². The van der Waals surface area contributed by atoms with Crippen LogP contribution in [0.25, 0.3) is 22.2 Å². The Morgan fingerprint density at radius 1 is 1.15 bits per heavy atom. The Morgan fingerprint density at radius 3 is 2.69 bits per heavy atom. The van der Waals surface area contributed by atoms with Crippen LogP contribution in [-0.4, -0.2) is 34.9 Å². The number of rotatable bonds is 2. The number of pyridine rings is 1. The molecule has 1 saturated heterocycles. The summed E-state index contributed by atoms with van der Waals surface area (Å²) in [6.07, 6.45) is 1.94. The van der Waals surface area contributed by atoms with Gasteiger partial charge in [-0.2, -0.15) is 0 Å². The van der Waals surface area contributed by atoms with Gasteiger partial charge in [-0.05, 0) is 31.9 Å². The summed E-state index contributed by atoms with van der Waals surface area (Å²) in [6, 6.07) is 18.1. The van der Waals surface area contributed by atoms with E-state index in [1.165, 1.54) is 5.56 Å². The number of aromatic nitrogens is 1. The summed E-state index contributed by atoms with van der Waals surface area (Å²) in [5.74, 6) is 0.0483. The lowest BCUT2D eigenvalue weighted by atomic mass is 10.0. The van der Waals surface area contributed by atoms with Gasteiger partial charge in [0.05, 0.1) is 16.8 Å². The maximum Gasteiger partial charge on any atom is 0.254 e. The lowest BCUT2D eigenvalue weighted by molar-refractivity contribution is 0.0711. The van der Waals surface area contributed by atoms with E-state index in [2.05, 4.69) is 31.2 Å². The highest BCUT2D eigenvalue weighted by atomic mass is 16.2. The molecule has 0 spiro atoms. The second-order valence-corrected chi connectivity index (χ2v) is 7.09. The number of likely N-dealkylation sites (tertiary alicyclic amines) is 1. The molecule has 4 heteroatoms. The van der Waals surface area contributed by atoms with E-state index in [0.29, 0.717) is 12.1 Å². The molecule has 1 fully saturated rings. The summed E-state index contributed by atoms with van der Waals surface area (Å²) in [5.41, 5.74) is 10.7. The predicted molar refractivity (Wildman–Crippen MR) is 105 cm³/mol. The Labute approximate surface area is 153 Å². The van der Waals surface area contributed by atoms with E-state index in [9.17, 15) is 4.79 Å². The highest BCUT2D eigenvalue weighted by Crippen LogP contribution is 2.27. The topological polar surface area (TPSA) is 59.2 Å². The van der Waals surface area contributed by atoms with Crippen LogP contribution in [0.1, 0.15) is 28.8 Å². The lowest BCUT2D eigenvalue weighted by Gasteiger charge is -2.31. The maximum atomic E-state index is 13.2. The Hall–Kier alpha value is -2.72. The molecule has 2 heterocycles. The zero-order chi connectivity index (χ0) is 18.1. The minimum atomic E-state index is 0.0483. The van der Waals surface area contributed by atoms with Crippen LogP contribution in [0.2, 0.25) is 0 Å². The number of aryl methyl sites for hydroxylation is 1. The molecule has 26 heavy (non-hydrogen) atoms. The number of benzene rings is 2. The largest absolute Gasteiger partial charge is 0.337 e. The molecule has 1 aliphatic heterocycles. The van der Waals surface area contributed by atoms with E-state index < -0.39 is 0 Å². The fourth-order valence-corrected chi connectivity index (χ4v) is 3.59. The first-order valence-corrected chi connectivity index (χ1v) is 9.13. The minimum absolute atomic E-state index is 0.0483. The van der Waals surface area contributed by atoms with E-state index in [4.69, 9.17) is 10.7 Å². The third-order valence-corrected chi connectivity index (χ3v) is 5.04. The maximum absolute atomic E-state index is 13.2. The fourth-order valence-electron chi connectivity index (χ4n) is 3.59. The number of nitrogens with two attached hydrogens (primary N) is 1. The first kappa shape index (κ1) is 16.7. The molecule has 0 bridgehead atoms. The molecule has 1 amide bonds. The van der Waals surface area contributed by atoms with Gasteiger partial charge < -0.3 is 10.6 Å². The SMILES string of the molecule is Cc1ccc(-c2cc(C(=O)N3CCCC(N)C3)c3ccccc3n2)cc1. The first-order valence-electron chi connectivity index (χ1n) is 9.13. The Kier molecular flexibility index (Phi) is 4.43. The van der Waals surface area contributed by atoms with Crippen molar-refractivity contribution in [2.45, 2.75) is 25.8 Å². The zero-order valence-electron chi connectivity index (χ0n) is 15.0. The lowest BCUT2D eigenvalue weighted by Crippen LogP contribution is -2.45. The van der Waals surface area contributed by atoms with Crippen molar-refractivity contribution in [1.29, 1.82) is 0 Å². The molecule has 1 aliphatic rings. The summed E-state index contributed by atoms with van der Waals surface area (Å²) in [5, 5.41) is 0.896. The van der Waals surface area contributed by atoms with Crippen molar-refractivity contribution < 1.29 is 4.79 Å². The molecule has 4 nitrogen and oxygen atoms in total. The molecule has 1 unspecified atom stereocenters. The van der Waals surface area contributed by atoms with Crippen LogP contribution in [0.3, 0.4) is 0 Å². The second kappa shape index (κ2) is 6.89. The van der Waals surface area contributed by atoms with E-state index in [-0.39, 0.29) is 11.9 Å². The van der Waals surface area contributed by atoms with Crippen molar-refractivity contribution in [3.63, 3.8) is 0 Å². The molecule has 3 aromatic rings. The van der Waals surface area contributed by atoms with Crippen LogP contribution in [0, 0.1) is 6.92 Å². The number of piperidine rings is 1. The smallest absolute Gasteiger partial charge is 0.254 e. The number of amides is 1. The van der Waals surface area contributed by atoms with Gasteiger partial charge in [-0.25, -0.2) is 4.98 Å². The summed E-state index contributed by atoms with van der Waals surface area (Å²) < 4.78 is 0. The van der Waals surface area contributed by atoms with Crippen LogP contribution in [-0.2, 0) is 0 Å². The van der Waals surface area contributed by atoms with Gasteiger partial charge in [-0.15, -0.1) is 0 Å². The van der Waals surface area contributed by atoms with Crippen molar-refractivity contribution >= 4 is 16.8 Å². The first-order chi connectivity index (χ1) is 12.6. The van der Waals surface area contributed by atoms with Gasteiger partial charge in [-0.3, -0.25) is 4.79 Å². The van der Waals surface area contributed by atoms with Gasteiger partial charge in [0.1, 0.15) is 0 Å². The minimum Gasteiger partial charge on any atom is -0.337 e. The average molecular weight is 345 g/mol. The zero-order valence-corrected chi connectivity index (χ0v) is 15.0. The number of carbonyl (C=O) groups is 1. The molecule has 4 rings (SSSR count). The number of para-hydroxylation sites is 1. The molecule has 2 aromatic carbocycles. The van der Waals surface area contributed by atoms with Crippen LogP contribution in [0.15, 0.2) is 54.6 Å². The Bertz CT molecular complexity index is 949. The van der Waals surface area contributed by atoms with Crippen molar-refractivity contribution in [3.8, 4) is 11.3 Å². The Morgan fingerprint density at radius 2 is 1.92 bits per heavy atom. The molecule has 132 valence electrons. The van der Waals surface area contributed by atoms with E-state index in [1.807, 2.05) is 35.2 Å². The normalized spacial score (nSPS) is 17.5. The number of hydrogen-bond acceptors (Lipinski definition) is 3. The van der Waals surface area contributed by atoms with Gasteiger partial charge >= 0.3 is 0 Å². The van der Waals surface area contributed by atoms with E-state index in [0.717, 1.165) is 41.5 Å². The second-order valence-electron chi connectivity index (χ2n) is 7.09. The van der Waals surface area contributed by atoms with Crippen LogP contribution >= 0.6 is 0 Å². The third-order valence-electron chi connectivity index (χ3n) is 5.04. The molecular formula is C22H23N3O. The van der Waals surface area contributed by atoms with Gasteiger partial charge in [0.25, 0.3) is 5.91 Å². The average Bonchev–Trinajstić information content (AvgIpc) is 2.67. The number of fused-ring (bicyclic) bond motifs is 1. The highest BCUT2D eigenvalue weighted by molar-refractivity contribution is 6.07. The molecule has 1 atom stereocenters. The quantitative estimate of drug-likeness (QED) is 0.769. The van der Waals surface area contributed by atoms with Crippen LogP contribution < -0.4 is 5.73 Å². The summed E-state index contributed by atoms with van der Waals surface area (Å²) in [7, 11) is 0. The van der Waals surface area contributed by atoms with E-state index in [1.54, 1.807) is 0 Å². The highest BCUT2D eigenvalue weighted by Gasteiger charge is 2.24. The van der Waals surface area contributed by atoms with Gasteiger partial charge in [0, 0.05) is 30.1 Å². The Balaban J connectivity index is 1.82. The molecule has 2 N–H and O–H groups in total. The monoisotopic (exact) mass is 345 g/mol. The van der Waals surface area contributed by atoms with E-state index >= 15 is 0 Å². The molecule has 0 aliphatic carbocycles. The number of nitrogens with zero attached hydrogens (tertiary/aromatic N) is 2. The molecular weight excluding hydrogens is 322 g/mol. The summed E-state index contributed by atoms with van der Waals surface area (Å²) in [6.45, 7) is 3.45. The van der Waals surface area contributed by atoms with Crippen LogP contribution in [0.5, 0.6) is 0 Å². The molecule has 0 radical (unpaired) electrons. The van der Waals surface area contributed by atoms with Crippen molar-refractivity contribution in [2.24, 2.45) is 5.73 Å². The van der Waals surface area contributed by atoms with Crippen LogP contribution in [0.4, 0.5) is 0 Å². The number of hydrogen-bond donors (Lipinski definition) is 1. The fraction of sp³-hybridized carbons (Fsp3) is 0.273. The van der Waals surface area contributed by atoms with Crippen molar-refractivity contribution in [3.05, 3.63) is 65.7 Å².